The highest BCUT2D eigenvalue weighted by Crippen LogP contribution is 2.10. The third kappa shape index (κ3) is 5.02. The molecule has 2 aromatic rings. The molecule has 0 radical (unpaired) electrons. The Balaban J connectivity index is 1.97. The Kier molecular flexibility index (Phi) is 6.68. The molecule has 0 saturated carbocycles. The summed E-state index contributed by atoms with van der Waals surface area (Å²) >= 11 is 0. The molecule has 2 rings (SSSR count). The van der Waals surface area contributed by atoms with Gasteiger partial charge in [0.2, 0.25) is 0 Å². The Labute approximate surface area is 133 Å². The van der Waals surface area contributed by atoms with E-state index in [0.717, 1.165) is 18.8 Å². The van der Waals surface area contributed by atoms with Crippen LogP contribution in [0.4, 0.5) is 0 Å². The molecule has 1 heterocycles. The van der Waals surface area contributed by atoms with E-state index in [9.17, 15) is 0 Å². The second-order valence-corrected chi connectivity index (χ2v) is 5.50. The van der Waals surface area contributed by atoms with Crippen LogP contribution in [0, 0.1) is 0 Å². The molecule has 1 aromatic heterocycles. The number of aromatic nitrogens is 3. The number of hydrogen-bond acceptors (Lipinski definition) is 3. The van der Waals surface area contributed by atoms with Crippen molar-refractivity contribution in [3.63, 3.8) is 0 Å². The van der Waals surface area contributed by atoms with Crippen LogP contribution >= 0.6 is 0 Å². The molecule has 4 heteroatoms. The average Bonchev–Trinajstić information content (AvgIpc) is 3.09. The van der Waals surface area contributed by atoms with Gasteiger partial charge in [0, 0.05) is 13.1 Å². The Hall–Kier alpha value is -2.10. The molecule has 0 bridgehead atoms. The van der Waals surface area contributed by atoms with Crippen molar-refractivity contribution >= 4 is 6.08 Å². The van der Waals surface area contributed by atoms with E-state index in [0.29, 0.717) is 0 Å². The number of rotatable bonds is 9. The predicted octanol–water partition coefficient (Wildman–Crippen LogP) is 4.14. The Morgan fingerprint density at radius 1 is 1.05 bits per heavy atom. The molecule has 0 amide bonds. The normalized spacial score (nSPS) is 11.2. The van der Waals surface area contributed by atoms with Crippen LogP contribution < -0.4 is 0 Å². The van der Waals surface area contributed by atoms with E-state index in [4.69, 9.17) is 0 Å². The first kappa shape index (κ1) is 16.3. The summed E-state index contributed by atoms with van der Waals surface area (Å²) in [6.45, 7) is 6.77. The van der Waals surface area contributed by atoms with Gasteiger partial charge in [0.1, 0.15) is 0 Å². The first-order chi connectivity index (χ1) is 10.8. The number of nitrogens with zero attached hydrogens (tertiary/aromatic N) is 4. The lowest BCUT2D eigenvalue weighted by Gasteiger charge is -2.19. The zero-order valence-electron chi connectivity index (χ0n) is 13.7. The van der Waals surface area contributed by atoms with Gasteiger partial charge in [-0.15, -0.1) is 5.10 Å². The fourth-order valence-electron chi connectivity index (χ4n) is 2.26. The van der Waals surface area contributed by atoms with Gasteiger partial charge in [-0.1, -0.05) is 44.0 Å². The lowest BCUT2D eigenvalue weighted by atomic mass is 10.2. The Morgan fingerprint density at radius 2 is 1.73 bits per heavy atom. The summed E-state index contributed by atoms with van der Waals surface area (Å²) in [7, 11) is 0. The molecule has 0 aliphatic rings. The molecular formula is C18H26N4. The van der Waals surface area contributed by atoms with Crippen LogP contribution in [0.2, 0.25) is 0 Å². The minimum Gasteiger partial charge on any atom is -0.377 e. The van der Waals surface area contributed by atoms with Crippen LogP contribution in [0.15, 0.2) is 42.9 Å². The maximum absolute atomic E-state index is 4.00. The maximum atomic E-state index is 4.00. The zero-order valence-corrected chi connectivity index (χ0v) is 13.7. The van der Waals surface area contributed by atoms with Crippen molar-refractivity contribution in [3.8, 4) is 5.69 Å². The molecule has 0 fully saturated rings. The number of benzene rings is 1. The zero-order chi connectivity index (χ0) is 15.6. The highest BCUT2D eigenvalue weighted by atomic mass is 15.4. The Morgan fingerprint density at radius 3 is 2.27 bits per heavy atom. The van der Waals surface area contributed by atoms with Gasteiger partial charge in [0.25, 0.3) is 0 Å². The molecule has 0 unspecified atom stereocenters. The SMILES string of the molecule is CCCCN(/C=C/c1ccc(-n2ccnn2)cc1)CCCC. The van der Waals surface area contributed by atoms with Gasteiger partial charge in [0.05, 0.1) is 18.1 Å². The van der Waals surface area contributed by atoms with Crippen LogP contribution in [0.25, 0.3) is 11.8 Å². The van der Waals surface area contributed by atoms with E-state index >= 15 is 0 Å². The van der Waals surface area contributed by atoms with Gasteiger partial charge in [-0.05, 0) is 42.8 Å². The van der Waals surface area contributed by atoms with Crippen LogP contribution in [0.3, 0.4) is 0 Å². The molecule has 1 aromatic carbocycles. The lowest BCUT2D eigenvalue weighted by molar-refractivity contribution is 0.362. The van der Waals surface area contributed by atoms with Crippen molar-refractivity contribution < 1.29 is 0 Å². The molecule has 0 N–H and O–H groups in total. The van der Waals surface area contributed by atoms with Crippen molar-refractivity contribution in [2.45, 2.75) is 39.5 Å². The van der Waals surface area contributed by atoms with Crippen molar-refractivity contribution in [1.82, 2.24) is 19.9 Å². The fraction of sp³-hybridized carbons (Fsp3) is 0.444. The van der Waals surface area contributed by atoms with E-state index in [2.05, 4.69) is 65.6 Å². The van der Waals surface area contributed by atoms with E-state index in [1.54, 1.807) is 10.9 Å². The van der Waals surface area contributed by atoms with Gasteiger partial charge in [-0.3, -0.25) is 0 Å². The predicted molar refractivity (Wildman–Crippen MR) is 91.8 cm³/mol. The second kappa shape index (κ2) is 9.03. The first-order valence-electron chi connectivity index (χ1n) is 8.22. The molecular weight excluding hydrogens is 272 g/mol. The number of hydrogen-bond donors (Lipinski definition) is 0. The third-order valence-electron chi connectivity index (χ3n) is 3.66. The maximum Gasteiger partial charge on any atom is 0.0697 e. The summed E-state index contributed by atoms with van der Waals surface area (Å²) in [5, 5.41) is 7.83. The molecule has 0 saturated heterocycles. The smallest absolute Gasteiger partial charge is 0.0697 e. The molecule has 0 aliphatic heterocycles. The molecule has 22 heavy (non-hydrogen) atoms. The highest BCUT2D eigenvalue weighted by molar-refractivity contribution is 5.51. The summed E-state index contributed by atoms with van der Waals surface area (Å²) in [4.78, 5) is 2.43. The van der Waals surface area contributed by atoms with Gasteiger partial charge < -0.3 is 4.90 Å². The first-order valence-corrected chi connectivity index (χ1v) is 8.22. The number of unbranched alkanes of at least 4 members (excludes halogenated alkanes) is 2. The van der Waals surface area contributed by atoms with Crippen molar-refractivity contribution in [2.24, 2.45) is 0 Å². The van der Waals surface area contributed by atoms with Gasteiger partial charge >= 0.3 is 0 Å². The fourth-order valence-corrected chi connectivity index (χ4v) is 2.26. The van der Waals surface area contributed by atoms with Crippen molar-refractivity contribution in [1.29, 1.82) is 0 Å². The summed E-state index contributed by atoms with van der Waals surface area (Å²) in [6, 6.07) is 8.37. The topological polar surface area (TPSA) is 34.0 Å². The molecule has 118 valence electrons. The van der Waals surface area contributed by atoms with Gasteiger partial charge in [-0.25, -0.2) is 4.68 Å². The summed E-state index contributed by atoms with van der Waals surface area (Å²) < 4.78 is 1.77. The third-order valence-corrected chi connectivity index (χ3v) is 3.66. The quantitative estimate of drug-likeness (QED) is 0.697. The van der Waals surface area contributed by atoms with Crippen LogP contribution in [-0.4, -0.2) is 33.0 Å². The van der Waals surface area contributed by atoms with Crippen LogP contribution in [0.5, 0.6) is 0 Å². The van der Waals surface area contributed by atoms with Gasteiger partial charge in [0.15, 0.2) is 0 Å². The van der Waals surface area contributed by atoms with E-state index < -0.39 is 0 Å². The highest BCUT2D eigenvalue weighted by Gasteiger charge is 1.99. The largest absolute Gasteiger partial charge is 0.377 e. The van der Waals surface area contributed by atoms with Crippen LogP contribution in [0.1, 0.15) is 45.1 Å². The minimum absolute atomic E-state index is 1.03. The molecule has 0 aliphatic carbocycles. The van der Waals surface area contributed by atoms with Crippen molar-refractivity contribution in [2.75, 3.05) is 13.1 Å². The van der Waals surface area contributed by atoms with Gasteiger partial charge in [-0.2, -0.15) is 0 Å². The second-order valence-electron chi connectivity index (χ2n) is 5.50. The standard InChI is InChI=1S/C18H26N4/c1-3-5-13-21(14-6-4-2)15-11-17-7-9-18(10-8-17)22-16-12-19-20-22/h7-12,15-16H,3-6,13-14H2,1-2H3/b15-11+. The van der Waals surface area contributed by atoms with E-state index in [1.807, 2.05) is 6.20 Å². The molecule has 0 spiro atoms. The molecule has 4 nitrogen and oxygen atoms in total. The average molecular weight is 298 g/mol. The molecule has 0 atom stereocenters. The van der Waals surface area contributed by atoms with E-state index in [-0.39, 0.29) is 0 Å². The lowest BCUT2D eigenvalue weighted by Crippen LogP contribution is -2.19. The van der Waals surface area contributed by atoms with E-state index in [1.165, 1.54) is 31.2 Å². The van der Waals surface area contributed by atoms with Crippen molar-refractivity contribution in [3.05, 3.63) is 48.4 Å². The summed E-state index contributed by atoms with van der Waals surface area (Å²) in [5.41, 5.74) is 2.24. The Bertz CT molecular complexity index is 535. The summed E-state index contributed by atoms with van der Waals surface area (Å²) in [5.74, 6) is 0. The monoisotopic (exact) mass is 298 g/mol. The minimum atomic E-state index is 1.03. The summed E-state index contributed by atoms with van der Waals surface area (Å²) in [6.07, 6.45) is 12.9. The van der Waals surface area contributed by atoms with Crippen LogP contribution in [-0.2, 0) is 0 Å².